The van der Waals surface area contributed by atoms with Crippen molar-refractivity contribution in [3.63, 3.8) is 0 Å². The molecule has 4 nitrogen and oxygen atoms in total. The predicted molar refractivity (Wildman–Crippen MR) is 77.3 cm³/mol. The number of nitrogens with one attached hydrogen (secondary N) is 2. The number of fused-ring (bicyclic) bond motifs is 1. The number of hydrogen-bond donors (Lipinski definition) is 2. The number of ether oxygens (including phenoxy) is 1. The van der Waals surface area contributed by atoms with Crippen LogP contribution in [0.5, 0.6) is 0 Å². The van der Waals surface area contributed by atoms with E-state index < -0.39 is 0 Å². The van der Waals surface area contributed by atoms with Gasteiger partial charge in [-0.25, -0.2) is 0 Å². The van der Waals surface area contributed by atoms with Crippen molar-refractivity contribution in [3.05, 3.63) is 34.4 Å². The van der Waals surface area contributed by atoms with Gasteiger partial charge in [0.25, 0.3) is 5.91 Å². The second-order valence-electron chi connectivity index (χ2n) is 4.76. The molecule has 2 heterocycles. The lowest BCUT2D eigenvalue weighted by molar-refractivity contribution is 0.0854. The van der Waals surface area contributed by atoms with E-state index in [1.165, 1.54) is 0 Å². The summed E-state index contributed by atoms with van der Waals surface area (Å²) < 4.78 is 6.49. The van der Waals surface area contributed by atoms with Gasteiger partial charge in [-0.2, -0.15) is 0 Å². The second-order valence-corrected chi connectivity index (χ2v) is 5.68. The SMILES string of the molecule is O=C(NCC1CCCO1)c1cc2cc(Br)ccc2[nH]1. The number of hydrogen-bond acceptors (Lipinski definition) is 2. The summed E-state index contributed by atoms with van der Waals surface area (Å²) in [7, 11) is 0. The van der Waals surface area contributed by atoms with Gasteiger partial charge in [0.05, 0.1) is 6.10 Å². The van der Waals surface area contributed by atoms with E-state index in [-0.39, 0.29) is 12.0 Å². The average molecular weight is 323 g/mol. The molecule has 5 heteroatoms. The lowest BCUT2D eigenvalue weighted by Crippen LogP contribution is -2.31. The summed E-state index contributed by atoms with van der Waals surface area (Å²) >= 11 is 3.42. The Morgan fingerprint density at radius 2 is 2.37 bits per heavy atom. The van der Waals surface area contributed by atoms with Crippen LogP contribution in [0.25, 0.3) is 10.9 Å². The Bertz CT molecular complexity index is 603. The molecule has 1 aromatic heterocycles. The molecule has 1 fully saturated rings. The zero-order chi connectivity index (χ0) is 13.2. The number of amides is 1. The van der Waals surface area contributed by atoms with E-state index in [0.717, 1.165) is 34.8 Å². The highest BCUT2D eigenvalue weighted by atomic mass is 79.9. The van der Waals surface area contributed by atoms with Crippen molar-refractivity contribution in [1.82, 2.24) is 10.3 Å². The summed E-state index contributed by atoms with van der Waals surface area (Å²) in [5.41, 5.74) is 1.55. The van der Waals surface area contributed by atoms with E-state index in [1.807, 2.05) is 24.3 Å². The summed E-state index contributed by atoms with van der Waals surface area (Å²) in [6, 6.07) is 7.76. The predicted octanol–water partition coefficient (Wildman–Crippen LogP) is 2.84. The van der Waals surface area contributed by atoms with Crippen molar-refractivity contribution in [2.24, 2.45) is 0 Å². The van der Waals surface area contributed by atoms with Gasteiger partial charge in [-0.05, 0) is 37.1 Å². The molecule has 1 aromatic carbocycles. The fraction of sp³-hybridized carbons (Fsp3) is 0.357. The standard InChI is InChI=1S/C14H15BrN2O2/c15-10-3-4-12-9(6-10)7-13(17-12)14(18)16-8-11-2-1-5-19-11/h3-4,6-7,11,17H,1-2,5,8H2,(H,16,18). The summed E-state index contributed by atoms with van der Waals surface area (Å²) in [6.07, 6.45) is 2.28. The molecule has 1 unspecified atom stereocenters. The van der Waals surface area contributed by atoms with Crippen LogP contribution in [-0.4, -0.2) is 30.1 Å². The van der Waals surface area contributed by atoms with Gasteiger partial charge in [-0.3, -0.25) is 4.79 Å². The molecule has 0 saturated carbocycles. The van der Waals surface area contributed by atoms with Crippen LogP contribution in [0.1, 0.15) is 23.3 Å². The minimum Gasteiger partial charge on any atom is -0.376 e. The van der Waals surface area contributed by atoms with Crippen LogP contribution in [0.15, 0.2) is 28.7 Å². The summed E-state index contributed by atoms with van der Waals surface area (Å²) in [6.45, 7) is 1.39. The topological polar surface area (TPSA) is 54.1 Å². The van der Waals surface area contributed by atoms with Crippen LogP contribution in [-0.2, 0) is 4.74 Å². The van der Waals surface area contributed by atoms with Crippen LogP contribution < -0.4 is 5.32 Å². The number of aromatic amines is 1. The first-order chi connectivity index (χ1) is 9.22. The Labute approximate surface area is 119 Å². The Morgan fingerprint density at radius 1 is 1.47 bits per heavy atom. The first-order valence-electron chi connectivity index (χ1n) is 6.40. The minimum absolute atomic E-state index is 0.0807. The van der Waals surface area contributed by atoms with Gasteiger partial charge in [0.15, 0.2) is 0 Å². The van der Waals surface area contributed by atoms with Crippen molar-refractivity contribution >= 4 is 32.7 Å². The number of aromatic nitrogens is 1. The molecule has 0 radical (unpaired) electrons. The molecule has 2 aromatic rings. The van der Waals surface area contributed by atoms with E-state index in [1.54, 1.807) is 0 Å². The monoisotopic (exact) mass is 322 g/mol. The number of carbonyl (C=O) groups excluding carboxylic acids is 1. The smallest absolute Gasteiger partial charge is 0.267 e. The number of benzene rings is 1. The summed E-state index contributed by atoms with van der Waals surface area (Å²) in [5, 5.41) is 3.93. The number of H-pyrrole nitrogens is 1. The van der Waals surface area contributed by atoms with Crippen molar-refractivity contribution in [2.45, 2.75) is 18.9 Å². The van der Waals surface area contributed by atoms with Crippen molar-refractivity contribution < 1.29 is 9.53 Å². The highest BCUT2D eigenvalue weighted by Crippen LogP contribution is 2.20. The van der Waals surface area contributed by atoms with E-state index in [9.17, 15) is 4.79 Å². The van der Waals surface area contributed by atoms with E-state index in [2.05, 4.69) is 26.2 Å². The van der Waals surface area contributed by atoms with Gasteiger partial charge in [0, 0.05) is 28.5 Å². The van der Waals surface area contributed by atoms with Crippen molar-refractivity contribution in [3.8, 4) is 0 Å². The van der Waals surface area contributed by atoms with Crippen LogP contribution in [0, 0.1) is 0 Å². The van der Waals surface area contributed by atoms with Gasteiger partial charge >= 0.3 is 0 Å². The first kappa shape index (κ1) is 12.7. The Hall–Kier alpha value is -1.33. The molecule has 0 spiro atoms. The summed E-state index contributed by atoms with van der Waals surface area (Å²) in [5.74, 6) is -0.0807. The lowest BCUT2D eigenvalue weighted by Gasteiger charge is -2.09. The third kappa shape index (κ3) is 2.82. The molecule has 1 atom stereocenters. The zero-order valence-corrected chi connectivity index (χ0v) is 12.0. The molecule has 0 bridgehead atoms. The molecule has 3 rings (SSSR count). The average Bonchev–Trinajstić information content (AvgIpc) is 3.04. The largest absolute Gasteiger partial charge is 0.376 e. The second kappa shape index (κ2) is 5.35. The quantitative estimate of drug-likeness (QED) is 0.913. The van der Waals surface area contributed by atoms with E-state index in [4.69, 9.17) is 4.74 Å². The molecule has 1 aliphatic rings. The first-order valence-corrected chi connectivity index (χ1v) is 7.20. The number of halogens is 1. The number of carbonyl (C=O) groups is 1. The van der Waals surface area contributed by atoms with E-state index >= 15 is 0 Å². The molecule has 1 amide bonds. The Morgan fingerprint density at radius 3 is 3.16 bits per heavy atom. The van der Waals surface area contributed by atoms with E-state index in [0.29, 0.717) is 12.2 Å². The normalized spacial score (nSPS) is 18.9. The van der Waals surface area contributed by atoms with Gasteiger partial charge < -0.3 is 15.0 Å². The lowest BCUT2D eigenvalue weighted by atomic mass is 10.2. The fourth-order valence-electron chi connectivity index (χ4n) is 2.33. The molecule has 1 saturated heterocycles. The van der Waals surface area contributed by atoms with Gasteiger partial charge in [-0.1, -0.05) is 15.9 Å². The zero-order valence-electron chi connectivity index (χ0n) is 10.4. The third-order valence-corrected chi connectivity index (χ3v) is 3.83. The number of rotatable bonds is 3. The van der Waals surface area contributed by atoms with Crippen LogP contribution in [0.4, 0.5) is 0 Å². The molecular formula is C14H15BrN2O2. The van der Waals surface area contributed by atoms with Crippen LogP contribution in [0.3, 0.4) is 0 Å². The maximum absolute atomic E-state index is 12.0. The highest BCUT2D eigenvalue weighted by molar-refractivity contribution is 9.10. The molecule has 19 heavy (non-hydrogen) atoms. The molecule has 100 valence electrons. The maximum atomic E-state index is 12.0. The van der Waals surface area contributed by atoms with Crippen LogP contribution >= 0.6 is 15.9 Å². The summed E-state index contributed by atoms with van der Waals surface area (Å²) in [4.78, 5) is 15.2. The highest BCUT2D eigenvalue weighted by Gasteiger charge is 2.17. The fourth-order valence-corrected chi connectivity index (χ4v) is 2.71. The molecule has 0 aliphatic carbocycles. The van der Waals surface area contributed by atoms with Gasteiger partial charge in [0.2, 0.25) is 0 Å². The molecule has 2 N–H and O–H groups in total. The van der Waals surface area contributed by atoms with Gasteiger partial charge in [-0.15, -0.1) is 0 Å². The molecule has 1 aliphatic heterocycles. The van der Waals surface area contributed by atoms with Crippen molar-refractivity contribution in [2.75, 3.05) is 13.2 Å². The third-order valence-electron chi connectivity index (χ3n) is 3.34. The Kier molecular flexibility index (Phi) is 3.57. The Balaban J connectivity index is 1.70. The molecular weight excluding hydrogens is 308 g/mol. The maximum Gasteiger partial charge on any atom is 0.267 e. The minimum atomic E-state index is -0.0807. The van der Waals surface area contributed by atoms with Crippen LogP contribution in [0.2, 0.25) is 0 Å². The van der Waals surface area contributed by atoms with Crippen molar-refractivity contribution in [1.29, 1.82) is 0 Å². The van der Waals surface area contributed by atoms with Gasteiger partial charge in [0.1, 0.15) is 5.69 Å².